The summed E-state index contributed by atoms with van der Waals surface area (Å²) >= 11 is 0. The van der Waals surface area contributed by atoms with Crippen LogP contribution in [0.5, 0.6) is 0 Å². The normalized spacial score (nSPS) is 16.0. The van der Waals surface area contributed by atoms with E-state index in [1.807, 2.05) is 30.0 Å². The molecule has 1 N–H and O–H groups in total. The quantitative estimate of drug-likeness (QED) is 0.934. The van der Waals surface area contributed by atoms with E-state index in [-0.39, 0.29) is 5.91 Å². The molecule has 2 heterocycles. The highest BCUT2D eigenvalue weighted by atomic mass is 16.2. The van der Waals surface area contributed by atoms with Crippen LogP contribution >= 0.6 is 0 Å². The molecule has 1 fully saturated rings. The molecule has 0 atom stereocenters. The molecular weight excluding hydrogens is 264 g/mol. The van der Waals surface area contributed by atoms with Gasteiger partial charge in [0.15, 0.2) is 0 Å². The fraction of sp³-hybridized carbons (Fsp3) is 0.438. The number of benzene rings is 1. The highest BCUT2D eigenvalue weighted by Gasteiger charge is 2.26. The maximum Gasteiger partial charge on any atom is 0.256 e. The number of hydrogen-bond acceptors (Lipinski definition) is 4. The van der Waals surface area contributed by atoms with Crippen LogP contribution in [0.4, 0.5) is 0 Å². The van der Waals surface area contributed by atoms with E-state index in [1.54, 1.807) is 12.4 Å². The summed E-state index contributed by atoms with van der Waals surface area (Å²) in [5.41, 5.74) is 2.11. The van der Waals surface area contributed by atoms with Gasteiger partial charge in [0.2, 0.25) is 0 Å². The van der Waals surface area contributed by atoms with Crippen LogP contribution in [0, 0.1) is 0 Å². The summed E-state index contributed by atoms with van der Waals surface area (Å²) < 4.78 is 0. The van der Waals surface area contributed by atoms with E-state index in [9.17, 15) is 4.79 Å². The molecule has 5 heteroatoms. The van der Waals surface area contributed by atoms with Crippen LogP contribution in [-0.4, -0.2) is 46.5 Å². The first-order valence-electron chi connectivity index (χ1n) is 7.52. The minimum absolute atomic E-state index is 0.0653. The monoisotopic (exact) mass is 284 g/mol. The third-order valence-electron chi connectivity index (χ3n) is 4.08. The summed E-state index contributed by atoms with van der Waals surface area (Å²) in [6.45, 7) is 4.71. The minimum atomic E-state index is 0.0653. The Bertz CT molecular complexity index is 632. The molecule has 21 heavy (non-hydrogen) atoms. The molecule has 110 valence electrons. The third kappa shape index (κ3) is 2.74. The van der Waals surface area contributed by atoms with Gasteiger partial charge in [0.05, 0.1) is 11.1 Å². The highest BCUT2D eigenvalue weighted by molar-refractivity contribution is 6.04. The number of para-hydroxylation sites is 1. The second kappa shape index (κ2) is 6.18. The van der Waals surface area contributed by atoms with E-state index < -0.39 is 0 Å². The van der Waals surface area contributed by atoms with Crippen molar-refractivity contribution in [2.75, 3.05) is 19.6 Å². The van der Waals surface area contributed by atoms with Gasteiger partial charge in [-0.15, -0.1) is 0 Å². The molecule has 3 rings (SSSR count). The molecule has 0 aliphatic carbocycles. The zero-order valence-corrected chi connectivity index (χ0v) is 12.2. The van der Waals surface area contributed by atoms with Crippen molar-refractivity contribution >= 4 is 16.9 Å². The molecule has 2 aromatic rings. The van der Waals surface area contributed by atoms with Gasteiger partial charge >= 0.3 is 0 Å². The lowest BCUT2D eigenvalue weighted by Gasteiger charge is -2.34. The van der Waals surface area contributed by atoms with Crippen molar-refractivity contribution < 1.29 is 4.79 Å². The van der Waals surface area contributed by atoms with Crippen molar-refractivity contribution in [1.29, 1.82) is 0 Å². The summed E-state index contributed by atoms with van der Waals surface area (Å²) in [5, 5.41) is 3.34. The lowest BCUT2D eigenvalue weighted by molar-refractivity contribution is 0.0658. The van der Waals surface area contributed by atoms with Crippen LogP contribution < -0.4 is 5.32 Å². The standard InChI is InChI=1S/C16H20N4O/c1-2-20(12-6-8-17-9-7-12)16(21)13-4-3-5-14-15(13)19-11-10-18-14/h3-5,10-12,17H,2,6-9H2,1H3. The van der Waals surface area contributed by atoms with E-state index in [4.69, 9.17) is 0 Å². The lowest BCUT2D eigenvalue weighted by Crippen LogP contribution is -2.46. The Morgan fingerprint density at radius 2 is 2.05 bits per heavy atom. The van der Waals surface area contributed by atoms with E-state index >= 15 is 0 Å². The first-order valence-corrected chi connectivity index (χ1v) is 7.52. The van der Waals surface area contributed by atoms with Crippen molar-refractivity contribution in [2.24, 2.45) is 0 Å². The second-order valence-corrected chi connectivity index (χ2v) is 5.30. The van der Waals surface area contributed by atoms with Gasteiger partial charge in [-0.05, 0) is 45.0 Å². The van der Waals surface area contributed by atoms with Gasteiger partial charge in [-0.3, -0.25) is 14.8 Å². The minimum Gasteiger partial charge on any atom is -0.336 e. The molecule has 1 saturated heterocycles. The summed E-state index contributed by atoms with van der Waals surface area (Å²) in [6.07, 6.45) is 5.31. The van der Waals surface area contributed by atoms with E-state index in [0.29, 0.717) is 17.1 Å². The van der Waals surface area contributed by atoms with Crippen molar-refractivity contribution in [3.05, 3.63) is 36.2 Å². The van der Waals surface area contributed by atoms with Gasteiger partial charge in [-0.2, -0.15) is 0 Å². The van der Waals surface area contributed by atoms with Crippen LogP contribution in [0.15, 0.2) is 30.6 Å². The Labute approximate surface area is 124 Å². The predicted octanol–water partition coefficient (Wildman–Crippen LogP) is 1.84. The molecule has 1 amide bonds. The Hall–Kier alpha value is -2.01. The molecular formula is C16H20N4O. The van der Waals surface area contributed by atoms with Gasteiger partial charge < -0.3 is 10.2 Å². The molecule has 0 bridgehead atoms. The summed E-state index contributed by atoms with van der Waals surface area (Å²) in [5.74, 6) is 0.0653. The molecule has 0 spiro atoms. The van der Waals surface area contributed by atoms with Crippen molar-refractivity contribution in [3.8, 4) is 0 Å². The van der Waals surface area contributed by atoms with E-state index in [0.717, 1.165) is 38.0 Å². The Morgan fingerprint density at radius 3 is 2.81 bits per heavy atom. The Morgan fingerprint density at radius 1 is 1.29 bits per heavy atom. The number of rotatable bonds is 3. The molecule has 5 nitrogen and oxygen atoms in total. The molecule has 1 aliphatic rings. The van der Waals surface area contributed by atoms with E-state index in [2.05, 4.69) is 15.3 Å². The molecule has 1 aromatic heterocycles. The fourth-order valence-corrected chi connectivity index (χ4v) is 3.01. The van der Waals surface area contributed by atoms with Gasteiger partial charge in [0.25, 0.3) is 5.91 Å². The molecule has 0 saturated carbocycles. The highest BCUT2D eigenvalue weighted by Crippen LogP contribution is 2.20. The van der Waals surface area contributed by atoms with Crippen LogP contribution in [-0.2, 0) is 0 Å². The summed E-state index contributed by atoms with van der Waals surface area (Å²) in [7, 11) is 0. The number of aromatic nitrogens is 2. The van der Waals surface area contributed by atoms with Crippen molar-refractivity contribution in [2.45, 2.75) is 25.8 Å². The summed E-state index contributed by atoms with van der Waals surface area (Å²) in [4.78, 5) is 23.5. The zero-order valence-electron chi connectivity index (χ0n) is 12.2. The van der Waals surface area contributed by atoms with Crippen LogP contribution in [0.3, 0.4) is 0 Å². The number of carbonyl (C=O) groups excluding carboxylic acids is 1. The SMILES string of the molecule is CCN(C(=O)c1cccc2nccnc12)C1CCNCC1. The van der Waals surface area contributed by atoms with E-state index in [1.165, 1.54) is 0 Å². The van der Waals surface area contributed by atoms with Gasteiger partial charge in [0, 0.05) is 25.0 Å². The van der Waals surface area contributed by atoms with Crippen LogP contribution in [0.1, 0.15) is 30.1 Å². The number of fused-ring (bicyclic) bond motifs is 1. The maximum absolute atomic E-state index is 12.9. The smallest absolute Gasteiger partial charge is 0.256 e. The number of nitrogens with zero attached hydrogens (tertiary/aromatic N) is 3. The Kier molecular flexibility index (Phi) is 4.10. The lowest BCUT2D eigenvalue weighted by atomic mass is 10.0. The molecule has 0 radical (unpaired) electrons. The number of carbonyl (C=O) groups is 1. The molecule has 1 aromatic carbocycles. The largest absolute Gasteiger partial charge is 0.336 e. The second-order valence-electron chi connectivity index (χ2n) is 5.30. The number of nitrogens with one attached hydrogen (secondary N) is 1. The first-order chi connectivity index (χ1) is 10.3. The molecule has 0 unspecified atom stereocenters. The van der Waals surface area contributed by atoms with Gasteiger partial charge in [0.1, 0.15) is 5.52 Å². The Balaban J connectivity index is 1.94. The van der Waals surface area contributed by atoms with Crippen molar-refractivity contribution in [3.63, 3.8) is 0 Å². The summed E-state index contributed by atoms with van der Waals surface area (Å²) in [6, 6.07) is 5.93. The first kappa shape index (κ1) is 13.9. The van der Waals surface area contributed by atoms with Crippen LogP contribution in [0.25, 0.3) is 11.0 Å². The molecule has 1 aliphatic heterocycles. The third-order valence-corrected chi connectivity index (χ3v) is 4.08. The topological polar surface area (TPSA) is 58.1 Å². The van der Waals surface area contributed by atoms with Crippen LogP contribution in [0.2, 0.25) is 0 Å². The fourth-order valence-electron chi connectivity index (χ4n) is 3.01. The number of piperidine rings is 1. The van der Waals surface area contributed by atoms with Crippen molar-refractivity contribution in [1.82, 2.24) is 20.2 Å². The van der Waals surface area contributed by atoms with Gasteiger partial charge in [-0.25, -0.2) is 0 Å². The predicted molar refractivity (Wildman–Crippen MR) is 82.1 cm³/mol. The van der Waals surface area contributed by atoms with Gasteiger partial charge in [-0.1, -0.05) is 6.07 Å². The average molecular weight is 284 g/mol. The maximum atomic E-state index is 12.9. The zero-order chi connectivity index (χ0) is 14.7. The number of amides is 1. The average Bonchev–Trinajstić information content (AvgIpc) is 2.56. The number of hydrogen-bond donors (Lipinski definition) is 1.